The third kappa shape index (κ3) is 2.57. The predicted octanol–water partition coefficient (Wildman–Crippen LogP) is 2.96. The van der Waals surface area contributed by atoms with Crippen molar-refractivity contribution in [1.82, 2.24) is 0 Å². The highest BCUT2D eigenvalue weighted by molar-refractivity contribution is 14.1. The molecule has 1 fully saturated rings. The van der Waals surface area contributed by atoms with E-state index in [1.54, 1.807) is 0 Å². The van der Waals surface area contributed by atoms with Crippen LogP contribution in [-0.4, -0.2) is 0 Å². The first-order valence-corrected chi connectivity index (χ1v) is 4.60. The van der Waals surface area contributed by atoms with Crippen molar-refractivity contribution in [2.75, 3.05) is 0 Å². The topological polar surface area (TPSA) is 0 Å². The minimum Gasteiger partial charge on any atom is -0.0916 e. The fourth-order valence-electron chi connectivity index (χ4n) is 1.40. The normalized spacial score (nSPS) is 19.2. The van der Waals surface area contributed by atoms with E-state index < -0.39 is 0 Å². The van der Waals surface area contributed by atoms with Gasteiger partial charge in [0.1, 0.15) is 0 Å². The number of rotatable bonds is 1. The molecule has 0 aromatic heterocycles. The molecule has 0 nitrogen and oxygen atoms in total. The summed E-state index contributed by atoms with van der Waals surface area (Å²) in [5, 5.41) is 0. The van der Waals surface area contributed by atoms with Gasteiger partial charge in [-0.25, -0.2) is 0 Å². The molecular formula is C8H11I. The van der Waals surface area contributed by atoms with Crippen LogP contribution < -0.4 is 0 Å². The second-order valence-electron chi connectivity index (χ2n) is 2.63. The largest absolute Gasteiger partial charge is 0.0916 e. The van der Waals surface area contributed by atoms with Crippen molar-refractivity contribution in [1.29, 1.82) is 0 Å². The lowest BCUT2D eigenvalue weighted by molar-refractivity contribution is 0.567. The van der Waals surface area contributed by atoms with Crippen molar-refractivity contribution in [2.24, 2.45) is 5.92 Å². The Bertz CT molecular complexity index is 123. The van der Waals surface area contributed by atoms with Gasteiger partial charge in [0.2, 0.25) is 0 Å². The fraction of sp³-hybridized carbons (Fsp3) is 0.750. The average Bonchev–Trinajstić information content (AvgIpc) is 2.34. The van der Waals surface area contributed by atoms with Crippen LogP contribution >= 0.6 is 22.6 Å². The highest BCUT2D eigenvalue weighted by Crippen LogP contribution is 2.26. The molecule has 0 unspecified atom stereocenters. The molecule has 0 spiro atoms. The van der Waals surface area contributed by atoms with Crippen LogP contribution in [0.5, 0.6) is 0 Å². The Morgan fingerprint density at radius 2 is 2.00 bits per heavy atom. The van der Waals surface area contributed by atoms with E-state index in [1.165, 1.54) is 25.7 Å². The summed E-state index contributed by atoms with van der Waals surface area (Å²) in [4.78, 5) is 0. The maximum atomic E-state index is 3.13. The molecule has 0 aromatic carbocycles. The zero-order valence-corrected chi connectivity index (χ0v) is 7.65. The van der Waals surface area contributed by atoms with E-state index in [9.17, 15) is 0 Å². The lowest BCUT2D eigenvalue weighted by atomic mass is 10.1. The summed E-state index contributed by atoms with van der Waals surface area (Å²) >= 11 is 2.11. The van der Waals surface area contributed by atoms with Crippen LogP contribution in [0.15, 0.2) is 0 Å². The minimum absolute atomic E-state index is 0.937. The molecule has 0 atom stereocenters. The number of hydrogen-bond acceptors (Lipinski definition) is 0. The highest BCUT2D eigenvalue weighted by Gasteiger charge is 2.12. The summed E-state index contributed by atoms with van der Waals surface area (Å²) in [6, 6.07) is 0. The first kappa shape index (κ1) is 7.40. The predicted molar refractivity (Wildman–Crippen MR) is 48.4 cm³/mol. The molecule has 0 saturated heterocycles. The summed E-state index contributed by atoms with van der Waals surface area (Å²) in [6.45, 7) is 0. The van der Waals surface area contributed by atoms with Crippen LogP contribution in [0.1, 0.15) is 32.1 Å². The van der Waals surface area contributed by atoms with Crippen molar-refractivity contribution < 1.29 is 0 Å². The molecule has 0 bridgehead atoms. The Morgan fingerprint density at radius 3 is 2.56 bits per heavy atom. The maximum Gasteiger partial charge on any atom is 0.0181 e. The van der Waals surface area contributed by atoms with Gasteiger partial charge in [-0.3, -0.25) is 0 Å². The summed E-state index contributed by atoms with van der Waals surface area (Å²) in [5.41, 5.74) is 0. The van der Waals surface area contributed by atoms with Gasteiger partial charge in [-0.15, -0.1) is 0 Å². The Labute approximate surface area is 70.5 Å². The average molecular weight is 234 g/mol. The monoisotopic (exact) mass is 234 g/mol. The van der Waals surface area contributed by atoms with Crippen LogP contribution in [0.4, 0.5) is 0 Å². The Kier molecular flexibility index (Phi) is 3.42. The second kappa shape index (κ2) is 4.16. The van der Waals surface area contributed by atoms with E-state index in [4.69, 9.17) is 0 Å². The molecule has 0 amide bonds. The third-order valence-corrected chi connectivity index (χ3v) is 2.31. The van der Waals surface area contributed by atoms with E-state index in [1.807, 2.05) is 0 Å². The molecule has 0 radical (unpaired) electrons. The summed E-state index contributed by atoms with van der Waals surface area (Å²) in [7, 11) is 0. The van der Waals surface area contributed by atoms with Gasteiger partial charge in [0.15, 0.2) is 0 Å². The SMILES string of the molecule is IC#CCC1CCCC1. The van der Waals surface area contributed by atoms with Gasteiger partial charge in [0, 0.05) is 29.0 Å². The van der Waals surface area contributed by atoms with Gasteiger partial charge in [0.05, 0.1) is 0 Å². The first-order chi connectivity index (χ1) is 4.43. The summed E-state index contributed by atoms with van der Waals surface area (Å²) in [5.74, 6) is 4.06. The molecule has 0 aromatic rings. The maximum absolute atomic E-state index is 3.13. The van der Waals surface area contributed by atoms with Crippen molar-refractivity contribution in [3.63, 3.8) is 0 Å². The van der Waals surface area contributed by atoms with Crippen LogP contribution in [0, 0.1) is 15.8 Å². The van der Waals surface area contributed by atoms with Gasteiger partial charge in [-0.2, -0.15) is 0 Å². The van der Waals surface area contributed by atoms with E-state index >= 15 is 0 Å². The fourth-order valence-corrected chi connectivity index (χ4v) is 1.62. The van der Waals surface area contributed by atoms with Gasteiger partial charge >= 0.3 is 0 Å². The number of halogens is 1. The van der Waals surface area contributed by atoms with Crippen molar-refractivity contribution in [3.8, 4) is 9.85 Å². The molecular weight excluding hydrogens is 223 g/mol. The van der Waals surface area contributed by atoms with Gasteiger partial charge in [0.25, 0.3) is 0 Å². The van der Waals surface area contributed by atoms with Crippen LogP contribution in [-0.2, 0) is 0 Å². The van der Waals surface area contributed by atoms with Crippen molar-refractivity contribution in [2.45, 2.75) is 32.1 Å². The Hall–Kier alpha value is 0.290. The van der Waals surface area contributed by atoms with Crippen LogP contribution in [0.25, 0.3) is 0 Å². The van der Waals surface area contributed by atoms with Crippen LogP contribution in [0.3, 0.4) is 0 Å². The summed E-state index contributed by atoms with van der Waals surface area (Å²) < 4.78 is 2.91. The van der Waals surface area contributed by atoms with Gasteiger partial charge < -0.3 is 0 Å². The standard InChI is InChI=1S/C8H11I/c9-7-3-6-8-4-1-2-5-8/h8H,1-2,4-6H2. The molecule has 1 heteroatoms. The zero-order chi connectivity index (χ0) is 6.53. The zero-order valence-electron chi connectivity index (χ0n) is 5.49. The number of hydrogen-bond donors (Lipinski definition) is 0. The van der Waals surface area contributed by atoms with Gasteiger partial charge in [-0.1, -0.05) is 18.8 Å². The van der Waals surface area contributed by atoms with Crippen LogP contribution in [0.2, 0.25) is 0 Å². The van der Waals surface area contributed by atoms with E-state index in [2.05, 4.69) is 32.4 Å². The minimum atomic E-state index is 0.937. The van der Waals surface area contributed by atoms with Crippen molar-refractivity contribution >= 4 is 22.6 Å². The molecule has 1 rings (SSSR count). The lowest BCUT2D eigenvalue weighted by Crippen LogP contribution is -1.88. The molecule has 1 aliphatic carbocycles. The second-order valence-corrected chi connectivity index (χ2v) is 3.17. The van der Waals surface area contributed by atoms with E-state index in [0.717, 1.165) is 12.3 Å². The smallest absolute Gasteiger partial charge is 0.0181 e. The van der Waals surface area contributed by atoms with Crippen molar-refractivity contribution in [3.05, 3.63) is 0 Å². The summed E-state index contributed by atoms with van der Waals surface area (Å²) in [6.07, 6.45) is 6.86. The molecule has 9 heavy (non-hydrogen) atoms. The highest BCUT2D eigenvalue weighted by atomic mass is 127. The third-order valence-electron chi connectivity index (χ3n) is 1.93. The molecule has 1 saturated carbocycles. The molecule has 0 N–H and O–H groups in total. The van der Waals surface area contributed by atoms with E-state index in [0.29, 0.717) is 0 Å². The van der Waals surface area contributed by atoms with E-state index in [-0.39, 0.29) is 0 Å². The quantitative estimate of drug-likeness (QED) is 0.483. The van der Waals surface area contributed by atoms with Gasteiger partial charge in [-0.05, 0) is 22.7 Å². The molecule has 1 aliphatic rings. The Morgan fingerprint density at radius 1 is 1.33 bits per heavy atom. The molecule has 0 aliphatic heterocycles. The first-order valence-electron chi connectivity index (χ1n) is 3.52. The Balaban J connectivity index is 2.16. The molecule has 50 valence electrons. The molecule has 0 heterocycles. The lowest BCUT2D eigenvalue weighted by Gasteiger charge is -1.99.